The van der Waals surface area contributed by atoms with Gasteiger partial charge in [-0.1, -0.05) is 13.8 Å². The van der Waals surface area contributed by atoms with Gasteiger partial charge in [0.25, 0.3) is 0 Å². The van der Waals surface area contributed by atoms with Crippen LogP contribution in [0.5, 0.6) is 0 Å². The maximum absolute atomic E-state index is 10.7. The number of carbonyl (C=O) groups is 1. The Morgan fingerprint density at radius 1 is 1.23 bits per heavy atom. The van der Waals surface area contributed by atoms with E-state index in [9.17, 15) is 4.79 Å². The van der Waals surface area contributed by atoms with Gasteiger partial charge in [-0.3, -0.25) is 0 Å². The van der Waals surface area contributed by atoms with Gasteiger partial charge in [0.05, 0.1) is 0 Å². The molecule has 0 aromatic carbocycles. The number of hydrogen-bond donors (Lipinski definition) is 3. The summed E-state index contributed by atoms with van der Waals surface area (Å²) in [7, 11) is 1.62. The Bertz CT molecular complexity index is 137. The molecule has 0 atom stereocenters. The van der Waals surface area contributed by atoms with Gasteiger partial charge in [0.1, 0.15) is 0 Å². The molecule has 0 heterocycles. The molecule has 4 heteroatoms. The molecule has 0 aliphatic rings. The monoisotopic (exact) mass is 187 g/mol. The fraction of sp³-hybridized carbons (Fsp3) is 0.889. The predicted molar refractivity (Wildman–Crippen MR) is 54.8 cm³/mol. The second-order valence-corrected chi connectivity index (χ2v) is 3.32. The van der Waals surface area contributed by atoms with Crippen LogP contribution in [0.3, 0.4) is 0 Å². The average molecular weight is 187 g/mol. The van der Waals surface area contributed by atoms with E-state index in [2.05, 4.69) is 29.8 Å². The van der Waals surface area contributed by atoms with E-state index in [1.54, 1.807) is 7.05 Å². The Balaban J connectivity index is 3.04. The Kier molecular flexibility index (Phi) is 7.39. The summed E-state index contributed by atoms with van der Waals surface area (Å²) in [6.45, 7) is 6.03. The third kappa shape index (κ3) is 9.14. The number of rotatable bonds is 6. The highest BCUT2D eigenvalue weighted by Crippen LogP contribution is 1.86. The molecule has 2 amide bonds. The van der Waals surface area contributed by atoms with E-state index < -0.39 is 0 Å². The fourth-order valence-corrected chi connectivity index (χ4v) is 0.931. The third-order valence-electron chi connectivity index (χ3n) is 1.67. The van der Waals surface area contributed by atoms with Crippen LogP contribution in [0, 0.1) is 0 Å². The Morgan fingerprint density at radius 3 is 2.38 bits per heavy atom. The smallest absolute Gasteiger partial charge is 0.314 e. The molecule has 0 aliphatic heterocycles. The molecule has 0 aromatic rings. The maximum Gasteiger partial charge on any atom is 0.314 e. The topological polar surface area (TPSA) is 53.2 Å². The SMILES string of the molecule is CNC(=O)NCCCCNC(C)C. The molecular formula is C9H21N3O. The molecule has 78 valence electrons. The lowest BCUT2D eigenvalue weighted by Gasteiger charge is -2.07. The molecular weight excluding hydrogens is 166 g/mol. The summed E-state index contributed by atoms with van der Waals surface area (Å²) in [4.78, 5) is 10.7. The first kappa shape index (κ1) is 12.2. The molecule has 4 nitrogen and oxygen atoms in total. The van der Waals surface area contributed by atoms with Gasteiger partial charge in [0.2, 0.25) is 0 Å². The molecule has 0 radical (unpaired) electrons. The molecule has 3 N–H and O–H groups in total. The number of urea groups is 1. The zero-order chi connectivity index (χ0) is 10.1. The van der Waals surface area contributed by atoms with Crippen LogP contribution in [0.1, 0.15) is 26.7 Å². The zero-order valence-electron chi connectivity index (χ0n) is 8.81. The minimum absolute atomic E-state index is 0.100. The second kappa shape index (κ2) is 7.86. The van der Waals surface area contributed by atoms with Crippen molar-refractivity contribution in [2.24, 2.45) is 0 Å². The number of hydrogen-bond acceptors (Lipinski definition) is 2. The highest BCUT2D eigenvalue weighted by Gasteiger charge is 1.94. The van der Waals surface area contributed by atoms with E-state index in [1.807, 2.05) is 0 Å². The van der Waals surface area contributed by atoms with Gasteiger partial charge in [0.15, 0.2) is 0 Å². The highest BCUT2D eigenvalue weighted by molar-refractivity contribution is 5.73. The summed E-state index contributed by atoms with van der Waals surface area (Å²) in [5.74, 6) is 0. The first-order valence-corrected chi connectivity index (χ1v) is 4.85. The van der Waals surface area contributed by atoms with Crippen LogP contribution in [0.2, 0.25) is 0 Å². The lowest BCUT2D eigenvalue weighted by Crippen LogP contribution is -2.33. The van der Waals surface area contributed by atoms with Crippen molar-refractivity contribution in [1.82, 2.24) is 16.0 Å². The molecule has 0 aliphatic carbocycles. The van der Waals surface area contributed by atoms with Crippen LogP contribution in [0.25, 0.3) is 0 Å². The Morgan fingerprint density at radius 2 is 1.85 bits per heavy atom. The summed E-state index contributed by atoms with van der Waals surface area (Å²) in [5, 5.41) is 8.57. The first-order valence-electron chi connectivity index (χ1n) is 4.85. The fourth-order valence-electron chi connectivity index (χ4n) is 0.931. The van der Waals surface area contributed by atoms with E-state index in [4.69, 9.17) is 0 Å². The lowest BCUT2D eigenvalue weighted by molar-refractivity contribution is 0.242. The first-order chi connectivity index (χ1) is 6.16. The number of unbranched alkanes of at least 4 members (excludes halogenated alkanes) is 1. The molecule has 0 aromatic heterocycles. The van der Waals surface area contributed by atoms with Crippen LogP contribution in [-0.4, -0.2) is 32.2 Å². The number of carbonyl (C=O) groups excluding carboxylic acids is 1. The highest BCUT2D eigenvalue weighted by atomic mass is 16.2. The van der Waals surface area contributed by atoms with Crippen molar-refractivity contribution >= 4 is 6.03 Å². The summed E-state index contributed by atoms with van der Waals surface area (Å²) >= 11 is 0. The molecule has 0 bridgehead atoms. The molecule has 0 fully saturated rings. The minimum atomic E-state index is -0.100. The van der Waals surface area contributed by atoms with Crippen molar-refractivity contribution in [3.63, 3.8) is 0 Å². The summed E-state index contributed by atoms with van der Waals surface area (Å²) < 4.78 is 0. The molecule has 0 unspecified atom stereocenters. The van der Waals surface area contributed by atoms with Gasteiger partial charge in [-0.25, -0.2) is 4.79 Å². The molecule has 0 spiro atoms. The van der Waals surface area contributed by atoms with Gasteiger partial charge >= 0.3 is 6.03 Å². The summed E-state index contributed by atoms with van der Waals surface area (Å²) in [6.07, 6.45) is 2.12. The van der Waals surface area contributed by atoms with Crippen LogP contribution in [0.15, 0.2) is 0 Å². The number of amides is 2. The second-order valence-electron chi connectivity index (χ2n) is 3.32. The van der Waals surface area contributed by atoms with Crippen molar-refractivity contribution in [3.8, 4) is 0 Å². The maximum atomic E-state index is 10.7. The van der Waals surface area contributed by atoms with E-state index in [1.165, 1.54) is 0 Å². The van der Waals surface area contributed by atoms with Gasteiger partial charge in [-0.2, -0.15) is 0 Å². The zero-order valence-corrected chi connectivity index (χ0v) is 8.81. The normalized spacial score (nSPS) is 10.2. The van der Waals surface area contributed by atoms with Crippen molar-refractivity contribution in [2.75, 3.05) is 20.1 Å². The minimum Gasteiger partial charge on any atom is -0.341 e. The molecule has 0 saturated heterocycles. The van der Waals surface area contributed by atoms with Crippen LogP contribution in [-0.2, 0) is 0 Å². The van der Waals surface area contributed by atoms with Gasteiger partial charge in [-0.15, -0.1) is 0 Å². The Hall–Kier alpha value is -0.770. The van der Waals surface area contributed by atoms with Crippen molar-refractivity contribution in [3.05, 3.63) is 0 Å². The largest absolute Gasteiger partial charge is 0.341 e. The summed E-state index contributed by atoms with van der Waals surface area (Å²) in [6, 6.07) is 0.448. The van der Waals surface area contributed by atoms with Crippen molar-refractivity contribution < 1.29 is 4.79 Å². The van der Waals surface area contributed by atoms with Crippen molar-refractivity contribution in [2.45, 2.75) is 32.7 Å². The molecule has 0 saturated carbocycles. The van der Waals surface area contributed by atoms with E-state index >= 15 is 0 Å². The predicted octanol–water partition coefficient (Wildman–Crippen LogP) is 0.694. The van der Waals surface area contributed by atoms with Gasteiger partial charge in [-0.05, 0) is 19.4 Å². The lowest BCUT2D eigenvalue weighted by atomic mass is 10.3. The Labute approximate surface area is 80.5 Å². The summed E-state index contributed by atoms with van der Waals surface area (Å²) in [5.41, 5.74) is 0. The van der Waals surface area contributed by atoms with Gasteiger partial charge in [0, 0.05) is 19.6 Å². The average Bonchev–Trinajstić information content (AvgIpc) is 2.10. The third-order valence-corrected chi connectivity index (χ3v) is 1.67. The van der Waals surface area contributed by atoms with E-state index in [0.717, 1.165) is 25.9 Å². The molecule has 0 rings (SSSR count). The van der Waals surface area contributed by atoms with Crippen LogP contribution >= 0.6 is 0 Å². The van der Waals surface area contributed by atoms with E-state index in [0.29, 0.717) is 6.04 Å². The standard InChI is InChI=1S/C9H21N3O/c1-8(2)11-6-4-5-7-12-9(13)10-3/h8,11H,4-7H2,1-3H3,(H2,10,12,13). The number of nitrogens with one attached hydrogen (secondary N) is 3. The van der Waals surface area contributed by atoms with Crippen LogP contribution in [0.4, 0.5) is 4.79 Å². The van der Waals surface area contributed by atoms with Crippen LogP contribution < -0.4 is 16.0 Å². The molecule has 13 heavy (non-hydrogen) atoms. The van der Waals surface area contributed by atoms with Crippen molar-refractivity contribution in [1.29, 1.82) is 0 Å². The van der Waals surface area contributed by atoms with Gasteiger partial charge < -0.3 is 16.0 Å². The van der Waals surface area contributed by atoms with E-state index in [-0.39, 0.29) is 6.03 Å². The quantitative estimate of drug-likeness (QED) is 0.536.